The molecular weight excluding hydrogens is 969 g/mol. The van der Waals surface area contributed by atoms with E-state index in [1.165, 1.54) is 199 Å². The molecule has 0 heterocycles. The second-order valence-electron chi connectivity index (χ2n) is 21.0. The fourth-order valence-electron chi connectivity index (χ4n) is 9.39. The first-order chi connectivity index (χ1) is 38.5. The highest BCUT2D eigenvalue weighted by atomic mass is 16.5. The molecule has 0 aliphatic carbocycles. The van der Waals surface area contributed by atoms with Crippen molar-refractivity contribution in [2.75, 3.05) is 13.2 Å². The summed E-state index contributed by atoms with van der Waals surface area (Å²) in [5.41, 5.74) is 3.25. The van der Waals surface area contributed by atoms with Crippen LogP contribution in [0.25, 0.3) is 0 Å². The summed E-state index contributed by atoms with van der Waals surface area (Å²) < 4.78 is 23.2. The first-order valence-corrected chi connectivity index (χ1v) is 30.5. The van der Waals surface area contributed by atoms with Crippen molar-refractivity contribution in [3.63, 3.8) is 0 Å². The van der Waals surface area contributed by atoms with Gasteiger partial charge in [-0.2, -0.15) is 20.5 Å². The van der Waals surface area contributed by atoms with Crippen LogP contribution in [0, 0.1) is 0 Å². The van der Waals surface area contributed by atoms with Crippen molar-refractivity contribution in [2.24, 2.45) is 20.5 Å². The zero-order valence-electron chi connectivity index (χ0n) is 47.8. The van der Waals surface area contributed by atoms with Crippen molar-refractivity contribution in [3.05, 3.63) is 132 Å². The molecule has 0 spiro atoms. The summed E-state index contributed by atoms with van der Waals surface area (Å²) in [6.07, 6.45) is 43.2. The maximum absolute atomic E-state index is 13.0. The van der Waals surface area contributed by atoms with Crippen molar-refractivity contribution >= 4 is 34.7 Å². The fraction of sp³-hybridized carbons (Fsp3) is 0.529. The Morgan fingerprint density at radius 1 is 0.295 bits per heavy atom. The molecule has 0 saturated carbocycles. The van der Waals surface area contributed by atoms with Gasteiger partial charge in [0.05, 0.1) is 47.1 Å². The summed E-state index contributed by atoms with van der Waals surface area (Å²) in [4.78, 5) is 26.1. The first kappa shape index (κ1) is 62.7. The predicted octanol–water partition coefficient (Wildman–Crippen LogP) is 22.2. The molecule has 0 fully saturated rings. The molecule has 0 aliphatic rings. The number of hydrogen-bond acceptors (Lipinski definition) is 10. The lowest BCUT2D eigenvalue weighted by Crippen LogP contribution is -2.10. The Morgan fingerprint density at radius 2 is 0.538 bits per heavy atom. The van der Waals surface area contributed by atoms with Crippen LogP contribution in [0.3, 0.4) is 0 Å². The molecule has 5 aromatic carbocycles. The number of unbranched alkanes of at least 4 members (excludes halogenated alkanes) is 30. The lowest BCUT2D eigenvalue weighted by atomic mass is 10.0. The second kappa shape index (κ2) is 41.0. The maximum atomic E-state index is 13.0. The van der Waals surface area contributed by atoms with Crippen LogP contribution in [-0.2, 0) is 0 Å². The molecule has 0 bridgehead atoms. The van der Waals surface area contributed by atoms with E-state index in [9.17, 15) is 9.59 Å². The summed E-state index contributed by atoms with van der Waals surface area (Å²) >= 11 is 0. The summed E-state index contributed by atoms with van der Waals surface area (Å²) in [6, 6.07) is 34.9. The molecule has 0 aliphatic heterocycles. The second-order valence-corrected chi connectivity index (χ2v) is 21.0. The van der Waals surface area contributed by atoms with Gasteiger partial charge in [-0.15, -0.1) is 0 Å². The average Bonchev–Trinajstić information content (AvgIpc) is 3.46. The Balaban J connectivity index is 0.895. The van der Waals surface area contributed by atoms with Gasteiger partial charge in [0.15, 0.2) is 0 Å². The molecule has 10 nitrogen and oxygen atoms in total. The van der Waals surface area contributed by atoms with E-state index in [4.69, 9.17) is 18.9 Å². The van der Waals surface area contributed by atoms with E-state index in [0.717, 1.165) is 24.3 Å². The molecule has 0 amide bonds. The van der Waals surface area contributed by atoms with Crippen LogP contribution in [0.5, 0.6) is 23.0 Å². The van der Waals surface area contributed by atoms with Crippen molar-refractivity contribution in [3.8, 4) is 23.0 Å². The Labute approximate surface area is 469 Å². The molecule has 0 N–H and O–H groups in total. The van der Waals surface area contributed by atoms with Crippen LogP contribution in [0.2, 0.25) is 0 Å². The topological polar surface area (TPSA) is 121 Å². The van der Waals surface area contributed by atoms with E-state index < -0.39 is 11.9 Å². The fourth-order valence-corrected chi connectivity index (χ4v) is 9.39. The number of azo groups is 2. The highest BCUT2D eigenvalue weighted by Gasteiger charge is 2.13. The predicted molar refractivity (Wildman–Crippen MR) is 321 cm³/mol. The van der Waals surface area contributed by atoms with Gasteiger partial charge in [-0.3, -0.25) is 0 Å². The van der Waals surface area contributed by atoms with E-state index in [0.29, 0.717) is 47.1 Å². The van der Waals surface area contributed by atoms with Gasteiger partial charge in [0.2, 0.25) is 0 Å². The standard InChI is InChI=1S/C68H94N4O6/c1-3-5-7-9-11-13-15-17-19-21-23-25-27-29-31-33-54-75-63-50-46-61(47-51-63)71-69-59-42-38-57(39-43-59)67(73)77-65-36-35-37-66(56-65)78-68(74)58-40-44-60(45-41-58)70-72-62-48-52-64(53-49-62)76-55-34-32-30-28-26-24-22-20-18-16-14-12-10-8-6-4-2/h35-53,56H,3-34,54-55H2,1-2H3. The molecule has 10 heteroatoms. The normalized spacial score (nSPS) is 11.4. The van der Waals surface area contributed by atoms with E-state index in [2.05, 4.69) is 34.3 Å². The van der Waals surface area contributed by atoms with Crippen LogP contribution >= 0.6 is 0 Å². The summed E-state index contributed by atoms with van der Waals surface area (Å²) in [5, 5.41) is 17.4. The lowest BCUT2D eigenvalue weighted by Gasteiger charge is -2.08. The van der Waals surface area contributed by atoms with Gasteiger partial charge in [0, 0.05) is 6.07 Å². The minimum absolute atomic E-state index is 0.234. The van der Waals surface area contributed by atoms with Crippen LogP contribution in [0.1, 0.15) is 240 Å². The van der Waals surface area contributed by atoms with E-state index in [1.807, 2.05) is 48.5 Å². The summed E-state index contributed by atoms with van der Waals surface area (Å²) in [7, 11) is 0. The number of ether oxygens (including phenoxy) is 4. The number of nitrogens with zero attached hydrogens (tertiary/aromatic N) is 4. The molecule has 78 heavy (non-hydrogen) atoms. The molecule has 422 valence electrons. The van der Waals surface area contributed by atoms with Crippen molar-refractivity contribution < 1.29 is 28.5 Å². The smallest absolute Gasteiger partial charge is 0.343 e. The van der Waals surface area contributed by atoms with Gasteiger partial charge in [0.25, 0.3) is 0 Å². The minimum Gasteiger partial charge on any atom is -0.494 e. The zero-order chi connectivity index (χ0) is 54.8. The minimum atomic E-state index is -0.563. The SMILES string of the molecule is CCCCCCCCCCCCCCCCCCOc1ccc(N=Nc2ccc(C(=O)Oc3cccc(OC(=O)c4ccc(N=Nc5ccc(OCCCCCCCCCCCCCCCCCC)cc5)cc4)c3)cc2)cc1. The molecule has 5 aromatic rings. The van der Waals surface area contributed by atoms with E-state index in [1.54, 1.807) is 66.7 Å². The van der Waals surface area contributed by atoms with Gasteiger partial charge in [-0.1, -0.05) is 213 Å². The summed E-state index contributed by atoms with van der Waals surface area (Å²) in [5.74, 6) is 0.990. The Bertz CT molecular complexity index is 2220. The maximum Gasteiger partial charge on any atom is 0.343 e. The third-order valence-electron chi connectivity index (χ3n) is 14.2. The Morgan fingerprint density at radius 3 is 0.808 bits per heavy atom. The number of benzene rings is 5. The van der Waals surface area contributed by atoms with Crippen LogP contribution in [-0.4, -0.2) is 25.2 Å². The third-order valence-corrected chi connectivity index (χ3v) is 14.2. The van der Waals surface area contributed by atoms with Crippen LogP contribution < -0.4 is 18.9 Å². The molecule has 0 aromatic heterocycles. The van der Waals surface area contributed by atoms with Gasteiger partial charge < -0.3 is 18.9 Å². The van der Waals surface area contributed by atoms with Crippen molar-refractivity contribution in [2.45, 2.75) is 219 Å². The number of rotatable bonds is 44. The average molecular weight is 1060 g/mol. The summed E-state index contributed by atoms with van der Waals surface area (Å²) in [6.45, 7) is 5.99. The largest absolute Gasteiger partial charge is 0.494 e. The lowest BCUT2D eigenvalue weighted by molar-refractivity contribution is 0.0732. The van der Waals surface area contributed by atoms with E-state index >= 15 is 0 Å². The molecule has 0 saturated heterocycles. The van der Waals surface area contributed by atoms with Gasteiger partial charge in [0.1, 0.15) is 23.0 Å². The molecule has 0 unspecified atom stereocenters. The number of carbonyl (C=O) groups excluding carboxylic acids is 2. The Hall–Kier alpha value is -6.16. The van der Waals surface area contributed by atoms with Crippen LogP contribution in [0.4, 0.5) is 22.7 Å². The molecule has 0 radical (unpaired) electrons. The van der Waals surface area contributed by atoms with Crippen molar-refractivity contribution in [1.82, 2.24) is 0 Å². The number of hydrogen-bond donors (Lipinski definition) is 0. The van der Waals surface area contributed by atoms with Crippen molar-refractivity contribution in [1.29, 1.82) is 0 Å². The van der Waals surface area contributed by atoms with Gasteiger partial charge in [-0.25, -0.2) is 9.59 Å². The van der Waals surface area contributed by atoms with Gasteiger partial charge >= 0.3 is 11.9 Å². The third kappa shape index (κ3) is 28.5. The highest BCUT2D eigenvalue weighted by molar-refractivity contribution is 5.92. The quantitative estimate of drug-likeness (QED) is 0.0166. The Kier molecular flexibility index (Phi) is 32.9. The number of esters is 2. The van der Waals surface area contributed by atoms with E-state index in [-0.39, 0.29) is 11.5 Å². The number of carbonyl (C=O) groups is 2. The zero-order valence-corrected chi connectivity index (χ0v) is 47.8. The first-order valence-electron chi connectivity index (χ1n) is 30.5. The monoisotopic (exact) mass is 1060 g/mol. The molecule has 5 rings (SSSR count). The molecule has 0 atom stereocenters. The van der Waals surface area contributed by atoms with Crippen LogP contribution in [0.15, 0.2) is 142 Å². The van der Waals surface area contributed by atoms with Gasteiger partial charge in [-0.05, 0) is 122 Å². The highest BCUT2D eigenvalue weighted by Crippen LogP contribution is 2.27. The molecular formula is C68H94N4O6.